The van der Waals surface area contributed by atoms with Crippen LogP contribution in [0.25, 0.3) is 0 Å². The van der Waals surface area contributed by atoms with Gasteiger partial charge in [0, 0.05) is 22.0 Å². The van der Waals surface area contributed by atoms with Crippen molar-refractivity contribution in [1.82, 2.24) is 4.72 Å². The summed E-state index contributed by atoms with van der Waals surface area (Å²) in [5.74, 6) is -0.264. The maximum Gasteiger partial charge on any atom is 0.157 e. The molecule has 1 heterocycles. The molecule has 0 bridgehead atoms. The van der Waals surface area contributed by atoms with Gasteiger partial charge in [-0.15, -0.1) is 0 Å². The lowest BCUT2D eigenvalue weighted by Gasteiger charge is -2.40. The van der Waals surface area contributed by atoms with Crippen LogP contribution in [0.15, 0.2) is 40.9 Å². The first kappa shape index (κ1) is 21.8. The Kier molecular flexibility index (Phi) is 5.99. The van der Waals surface area contributed by atoms with Gasteiger partial charge in [-0.3, -0.25) is 0 Å². The molecule has 0 aromatic heterocycles. The van der Waals surface area contributed by atoms with Crippen molar-refractivity contribution in [2.24, 2.45) is 0 Å². The number of hydrogen-bond donors (Lipinski definition) is 1. The number of fused-ring (bicyclic) bond motifs is 1. The smallest absolute Gasteiger partial charge is 0.157 e. The van der Waals surface area contributed by atoms with Crippen LogP contribution in [0.5, 0.6) is 5.75 Å². The Bertz CT molecular complexity index is 919. The molecular weight excluding hydrogens is 465 g/mol. The van der Waals surface area contributed by atoms with Gasteiger partial charge in [-0.25, -0.2) is 13.3 Å². The average molecular weight is 489 g/mol. The van der Waals surface area contributed by atoms with Gasteiger partial charge in [0.25, 0.3) is 0 Å². The summed E-state index contributed by atoms with van der Waals surface area (Å²) >= 11 is 9.59. The highest BCUT2D eigenvalue weighted by atomic mass is 79.9. The number of nitrogens with one attached hydrogen (secondary N) is 1. The molecule has 3 nitrogen and oxygen atoms in total. The van der Waals surface area contributed by atoms with Gasteiger partial charge in [0.2, 0.25) is 0 Å². The summed E-state index contributed by atoms with van der Waals surface area (Å²) in [5.41, 5.74) is 0.864. The Morgan fingerprint density at radius 2 is 1.93 bits per heavy atom. The van der Waals surface area contributed by atoms with Crippen molar-refractivity contribution < 1.29 is 13.3 Å². The third-order valence-electron chi connectivity index (χ3n) is 5.23. The third kappa shape index (κ3) is 3.53. The van der Waals surface area contributed by atoms with Crippen LogP contribution >= 0.6 is 27.5 Å². The van der Waals surface area contributed by atoms with Crippen LogP contribution < -0.4 is 9.46 Å². The highest BCUT2D eigenvalue weighted by Gasteiger charge is 2.53. The fourth-order valence-corrected chi connectivity index (χ4v) is 5.44. The van der Waals surface area contributed by atoms with E-state index < -0.39 is 27.2 Å². The van der Waals surface area contributed by atoms with Gasteiger partial charge in [0.05, 0.1) is 26.8 Å². The lowest BCUT2D eigenvalue weighted by molar-refractivity contribution is 0.0414. The van der Waals surface area contributed by atoms with E-state index in [2.05, 4.69) is 20.7 Å². The van der Waals surface area contributed by atoms with Crippen molar-refractivity contribution in [1.29, 1.82) is 0 Å². The Balaban J connectivity index is 2.15. The van der Waals surface area contributed by atoms with Crippen molar-refractivity contribution in [2.45, 2.75) is 56.9 Å². The van der Waals surface area contributed by atoms with E-state index in [1.807, 2.05) is 65.0 Å². The van der Waals surface area contributed by atoms with Gasteiger partial charge >= 0.3 is 0 Å². The van der Waals surface area contributed by atoms with E-state index in [9.17, 15) is 8.60 Å². The number of halogens is 3. The molecule has 1 aliphatic heterocycles. The number of hydrogen-bond acceptors (Lipinski definition) is 2. The molecule has 3 rings (SSSR count). The monoisotopic (exact) mass is 487 g/mol. The zero-order chi connectivity index (χ0) is 20.9. The molecule has 4 atom stereocenters. The topological polar surface area (TPSA) is 38.3 Å². The Labute approximate surface area is 181 Å². The van der Waals surface area contributed by atoms with E-state index in [4.69, 9.17) is 16.3 Å². The standard InChI is InChI=1S/C21H24BrClFNO2S/c1-12-17-16(11-15(24)19(23)18(17)22)27-21(12,14-9-7-6-8-10-14)13(2)25-28(26)20(3,4)5/h6-13,25H,1-5H3/t12-,13+,21+,28?/m0/s1. The average Bonchev–Trinajstić information content (AvgIpc) is 2.93. The van der Waals surface area contributed by atoms with Crippen molar-refractivity contribution in [3.63, 3.8) is 0 Å². The van der Waals surface area contributed by atoms with Gasteiger partial charge < -0.3 is 4.74 Å². The van der Waals surface area contributed by atoms with E-state index in [1.165, 1.54) is 6.07 Å². The van der Waals surface area contributed by atoms with Crippen molar-refractivity contribution >= 4 is 38.5 Å². The molecule has 0 fully saturated rings. The highest BCUT2D eigenvalue weighted by molar-refractivity contribution is 9.10. The normalized spacial score (nSPS) is 23.8. The lowest BCUT2D eigenvalue weighted by Crippen LogP contribution is -2.54. The molecule has 0 spiro atoms. The second-order valence-corrected chi connectivity index (χ2v) is 11.3. The Morgan fingerprint density at radius 1 is 1.32 bits per heavy atom. The van der Waals surface area contributed by atoms with Crippen LogP contribution in [0.3, 0.4) is 0 Å². The zero-order valence-electron chi connectivity index (χ0n) is 16.5. The summed E-state index contributed by atoms with van der Waals surface area (Å²) in [6, 6.07) is 10.8. The van der Waals surface area contributed by atoms with Crippen LogP contribution in [-0.4, -0.2) is 15.0 Å². The molecule has 0 aliphatic carbocycles. The summed E-state index contributed by atoms with van der Waals surface area (Å²) in [6.07, 6.45) is 0. The van der Waals surface area contributed by atoms with Gasteiger partial charge in [0.15, 0.2) is 5.60 Å². The molecule has 0 saturated carbocycles. The largest absolute Gasteiger partial charge is 0.480 e. The molecule has 1 aliphatic rings. The lowest BCUT2D eigenvalue weighted by atomic mass is 9.76. The Morgan fingerprint density at radius 3 is 2.50 bits per heavy atom. The highest BCUT2D eigenvalue weighted by Crippen LogP contribution is 2.56. The molecule has 28 heavy (non-hydrogen) atoms. The summed E-state index contributed by atoms with van der Waals surface area (Å²) in [7, 11) is -1.30. The summed E-state index contributed by atoms with van der Waals surface area (Å²) < 4.78 is 36.8. The maximum absolute atomic E-state index is 14.3. The molecule has 0 radical (unpaired) electrons. The van der Waals surface area contributed by atoms with Crippen molar-refractivity contribution in [3.05, 3.63) is 62.8 Å². The molecule has 2 aromatic carbocycles. The van der Waals surface area contributed by atoms with Crippen LogP contribution in [-0.2, 0) is 16.6 Å². The van der Waals surface area contributed by atoms with Crippen molar-refractivity contribution in [3.8, 4) is 5.75 Å². The molecule has 2 aromatic rings. The van der Waals surface area contributed by atoms with Crippen LogP contribution in [0.1, 0.15) is 51.7 Å². The van der Waals surface area contributed by atoms with Crippen LogP contribution in [0, 0.1) is 5.82 Å². The minimum absolute atomic E-state index is 0.0388. The third-order valence-corrected chi connectivity index (χ3v) is 8.33. The maximum atomic E-state index is 14.3. The SMILES string of the molecule is C[C@@H](NS(=O)C(C)(C)C)[C@]1(c2ccccc2)Oc2cc(F)c(Cl)c(Br)c2[C@@H]1C. The minimum atomic E-state index is -1.30. The first-order valence-corrected chi connectivity index (χ1v) is 11.4. The first-order valence-electron chi connectivity index (χ1n) is 9.10. The second-order valence-electron chi connectivity index (χ2n) is 8.10. The minimum Gasteiger partial charge on any atom is -0.480 e. The number of benzene rings is 2. The molecule has 0 amide bonds. The number of ether oxygens (including phenoxy) is 1. The summed E-state index contributed by atoms with van der Waals surface area (Å²) in [4.78, 5) is 0. The van der Waals surface area contributed by atoms with E-state index in [0.29, 0.717) is 10.2 Å². The van der Waals surface area contributed by atoms with E-state index in [0.717, 1.165) is 11.1 Å². The molecular formula is C21H24BrClFNO2S. The van der Waals surface area contributed by atoms with Gasteiger partial charge in [-0.1, -0.05) is 48.9 Å². The van der Waals surface area contributed by atoms with E-state index >= 15 is 0 Å². The first-order chi connectivity index (χ1) is 13.0. The quantitative estimate of drug-likeness (QED) is 0.530. The molecule has 7 heteroatoms. The second kappa shape index (κ2) is 7.71. The van der Waals surface area contributed by atoms with Crippen LogP contribution in [0.4, 0.5) is 4.39 Å². The molecule has 1 N–H and O–H groups in total. The fourth-order valence-electron chi connectivity index (χ4n) is 3.71. The van der Waals surface area contributed by atoms with Crippen molar-refractivity contribution in [2.75, 3.05) is 0 Å². The number of rotatable bonds is 4. The van der Waals surface area contributed by atoms with E-state index in [1.54, 1.807) is 0 Å². The fraction of sp³-hybridized carbons (Fsp3) is 0.429. The summed E-state index contributed by atoms with van der Waals surface area (Å²) in [6.45, 7) is 9.72. The Hall–Kier alpha value is -0.950. The molecule has 152 valence electrons. The van der Waals surface area contributed by atoms with Gasteiger partial charge in [0.1, 0.15) is 11.6 Å². The zero-order valence-corrected chi connectivity index (χ0v) is 19.6. The molecule has 0 saturated heterocycles. The van der Waals surface area contributed by atoms with E-state index in [-0.39, 0.29) is 17.0 Å². The summed E-state index contributed by atoms with van der Waals surface area (Å²) in [5, 5.41) is 0.0388. The predicted molar refractivity (Wildman–Crippen MR) is 117 cm³/mol. The van der Waals surface area contributed by atoms with Crippen LogP contribution in [0.2, 0.25) is 5.02 Å². The van der Waals surface area contributed by atoms with Gasteiger partial charge in [-0.05, 0) is 49.2 Å². The predicted octanol–water partition coefficient (Wildman–Crippen LogP) is 6.07. The van der Waals surface area contributed by atoms with Gasteiger partial charge in [-0.2, -0.15) is 0 Å². The molecule has 1 unspecified atom stereocenters.